The van der Waals surface area contributed by atoms with E-state index < -0.39 is 0 Å². The van der Waals surface area contributed by atoms with Crippen molar-refractivity contribution >= 4 is 11.6 Å². The van der Waals surface area contributed by atoms with Crippen molar-refractivity contribution in [3.63, 3.8) is 0 Å². The van der Waals surface area contributed by atoms with Gasteiger partial charge in [-0.1, -0.05) is 13.8 Å². The average molecular weight is 169 g/mol. The van der Waals surface area contributed by atoms with Crippen LogP contribution in [0.4, 0.5) is 0 Å². The lowest BCUT2D eigenvalue weighted by atomic mass is 10.1. The number of carbonyl (C=O) groups excluding carboxylic acids is 2. The maximum atomic E-state index is 11.3. The Hall–Kier alpha value is -0.700. The summed E-state index contributed by atoms with van der Waals surface area (Å²) < 4.78 is 0. The molecule has 1 unspecified atom stereocenters. The van der Waals surface area contributed by atoms with Crippen LogP contribution in [0.2, 0.25) is 0 Å². The molecule has 1 fully saturated rings. The van der Waals surface area contributed by atoms with Gasteiger partial charge in [0.1, 0.15) is 11.6 Å². The van der Waals surface area contributed by atoms with Crippen molar-refractivity contribution in [1.29, 1.82) is 0 Å². The molecule has 0 aliphatic carbocycles. The predicted octanol–water partition coefficient (Wildman–Crippen LogP) is 0.629. The van der Waals surface area contributed by atoms with E-state index in [0.29, 0.717) is 19.4 Å². The molecular weight excluding hydrogens is 154 g/mol. The molecular formula is C9H15NO2. The second kappa shape index (κ2) is 3.81. The normalized spacial score (nSPS) is 24.8. The number of likely N-dealkylation sites (N-methyl/N-ethyl adjacent to an activating group) is 1. The first-order valence-corrected chi connectivity index (χ1v) is 4.47. The fraction of sp³-hybridized carbons (Fsp3) is 0.778. The molecule has 1 rings (SSSR count). The summed E-state index contributed by atoms with van der Waals surface area (Å²) in [6.45, 7) is 5.09. The second-order valence-electron chi connectivity index (χ2n) is 3.14. The zero-order chi connectivity index (χ0) is 9.14. The molecule has 12 heavy (non-hydrogen) atoms. The van der Waals surface area contributed by atoms with Crippen LogP contribution in [-0.2, 0) is 9.59 Å². The van der Waals surface area contributed by atoms with E-state index in [1.807, 2.05) is 18.7 Å². The van der Waals surface area contributed by atoms with Gasteiger partial charge in [-0.15, -0.1) is 0 Å². The van der Waals surface area contributed by atoms with Gasteiger partial charge in [-0.2, -0.15) is 0 Å². The van der Waals surface area contributed by atoms with E-state index in [0.717, 1.165) is 6.54 Å². The van der Waals surface area contributed by atoms with E-state index in [2.05, 4.69) is 0 Å². The second-order valence-corrected chi connectivity index (χ2v) is 3.14. The maximum Gasteiger partial charge on any atom is 0.150 e. The van der Waals surface area contributed by atoms with Crippen LogP contribution in [-0.4, -0.2) is 35.6 Å². The average Bonchev–Trinajstić information content (AvgIpc) is 2.45. The summed E-state index contributed by atoms with van der Waals surface area (Å²) in [4.78, 5) is 24.3. The summed E-state index contributed by atoms with van der Waals surface area (Å²) in [7, 11) is 0. The van der Waals surface area contributed by atoms with Crippen molar-refractivity contribution in [2.75, 3.05) is 13.1 Å². The highest BCUT2D eigenvalue weighted by Gasteiger charge is 2.33. The molecule has 0 saturated carbocycles. The quantitative estimate of drug-likeness (QED) is 0.621. The van der Waals surface area contributed by atoms with Crippen LogP contribution in [0.15, 0.2) is 0 Å². The Morgan fingerprint density at radius 1 is 1.58 bits per heavy atom. The van der Waals surface area contributed by atoms with Crippen LogP contribution in [0.1, 0.15) is 26.7 Å². The fourth-order valence-electron chi connectivity index (χ4n) is 1.63. The molecule has 0 amide bonds. The molecule has 3 nitrogen and oxygen atoms in total. The lowest BCUT2D eigenvalue weighted by Gasteiger charge is -2.19. The molecule has 0 aromatic carbocycles. The Balaban J connectivity index is 2.63. The van der Waals surface area contributed by atoms with Crippen molar-refractivity contribution in [3.8, 4) is 0 Å². The van der Waals surface area contributed by atoms with E-state index in [9.17, 15) is 9.59 Å². The minimum atomic E-state index is -0.118. The molecule has 0 aromatic heterocycles. The highest BCUT2D eigenvalue weighted by atomic mass is 16.1. The molecule has 3 heteroatoms. The summed E-state index contributed by atoms with van der Waals surface area (Å²) >= 11 is 0. The van der Waals surface area contributed by atoms with E-state index >= 15 is 0 Å². The molecule has 1 aliphatic heterocycles. The largest absolute Gasteiger partial charge is 0.298 e. The fourth-order valence-corrected chi connectivity index (χ4v) is 1.63. The van der Waals surface area contributed by atoms with Gasteiger partial charge in [0.15, 0.2) is 0 Å². The summed E-state index contributed by atoms with van der Waals surface area (Å²) in [6, 6.07) is -0.118. The summed E-state index contributed by atoms with van der Waals surface area (Å²) in [5.41, 5.74) is 0. The summed E-state index contributed by atoms with van der Waals surface area (Å²) in [5.74, 6) is 0.395. The van der Waals surface area contributed by atoms with Gasteiger partial charge in [-0.3, -0.25) is 14.5 Å². The Labute approximate surface area is 72.7 Å². The molecule has 0 N–H and O–H groups in total. The van der Waals surface area contributed by atoms with Gasteiger partial charge in [0.05, 0.1) is 12.6 Å². The Morgan fingerprint density at radius 2 is 2.25 bits per heavy atom. The molecule has 0 spiro atoms. The number of hydrogen-bond acceptors (Lipinski definition) is 3. The number of carbonyl (C=O) groups is 2. The highest BCUT2D eigenvalue weighted by Crippen LogP contribution is 2.15. The zero-order valence-corrected chi connectivity index (χ0v) is 7.67. The van der Waals surface area contributed by atoms with Gasteiger partial charge >= 0.3 is 0 Å². The van der Waals surface area contributed by atoms with Crippen molar-refractivity contribution in [2.24, 2.45) is 0 Å². The van der Waals surface area contributed by atoms with Gasteiger partial charge in [0, 0.05) is 12.8 Å². The predicted molar refractivity (Wildman–Crippen MR) is 46.0 cm³/mol. The van der Waals surface area contributed by atoms with Crippen LogP contribution in [0.3, 0.4) is 0 Å². The van der Waals surface area contributed by atoms with E-state index in [4.69, 9.17) is 0 Å². The third-order valence-electron chi connectivity index (χ3n) is 2.37. The number of ketones is 2. The number of likely N-dealkylation sites (tertiary alicyclic amines) is 1. The van der Waals surface area contributed by atoms with Crippen LogP contribution < -0.4 is 0 Å². The molecule has 0 radical (unpaired) electrons. The van der Waals surface area contributed by atoms with Crippen molar-refractivity contribution in [3.05, 3.63) is 0 Å². The van der Waals surface area contributed by atoms with Gasteiger partial charge in [0.2, 0.25) is 0 Å². The van der Waals surface area contributed by atoms with Gasteiger partial charge in [0.25, 0.3) is 0 Å². The highest BCUT2D eigenvalue weighted by molar-refractivity contribution is 5.94. The lowest BCUT2D eigenvalue weighted by Crippen LogP contribution is -2.35. The minimum absolute atomic E-state index is 0.118. The lowest BCUT2D eigenvalue weighted by molar-refractivity contribution is -0.123. The van der Waals surface area contributed by atoms with Gasteiger partial charge in [-0.05, 0) is 6.54 Å². The standard InChI is InChI=1S/C9H15NO2/c1-3-9(12)8-5-7(11)6-10(8)4-2/h8H,3-6H2,1-2H3. The van der Waals surface area contributed by atoms with Gasteiger partial charge in [-0.25, -0.2) is 0 Å². The molecule has 1 aliphatic rings. The van der Waals surface area contributed by atoms with Crippen LogP contribution in [0.5, 0.6) is 0 Å². The number of nitrogens with zero attached hydrogens (tertiary/aromatic N) is 1. The summed E-state index contributed by atoms with van der Waals surface area (Å²) in [6.07, 6.45) is 0.967. The van der Waals surface area contributed by atoms with E-state index in [1.165, 1.54) is 0 Å². The van der Waals surface area contributed by atoms with Crippen LogP contribution in [0.25, 0.3) is 0 Å². The van der Waals surface area contributed by atoms with Crippen molar-refractivity contribution < 1.29 is 9.59 Å². The number of Topliss-reactive ketones (excluding diaryl/α,β-unsaturated/α-hetero) is 2. The van der Waals surface area contributed by atoms with Gasteiger partial charge < -0.3 is 0 Å². The zero-order valence-electron chi connectivity index (χ0n) is 7.67. The first-order valence-electron chi connectivity index (χ1n) is 4.47. The van der Waals surface area contributed by atoms with E-state index in [1.54, 1.807) is 0 Å². The molecule has 1 saturated heterocycles. The molecule has 1 heterocycles. The number of hydrogen-bond donors (Lipinski definition) is 0. The first-order chi connectivity index (χ1) is 5.69. The minimum Gasteiger partial charge on any atom is -0.298 e. The first kappa shape index (κ1) is 9.39. The van der Waals surface area contributed by atoms with Crippen molar-refractivity contribution in [1.82, 2.24) is 4.90 Å². The Bertz CT molecular complexity index is 201. The van der Waals surface area contributed by atoms with Crippen molar-refractivity contribution in [2.45, 2.75) is 32.7 Å². The molecule has 0 bridgehead atoms. The molecule has 1 atom stereocenters. The maximum absolute atomic E-state index is 11.3. The SMILES string of the molecule is CCC(=O)C1CC(=O)CN1CC. The molecule has 0 aromatic rings. The number of rotatable bonds is 3. The monoisotopic (exact) mass is 169 g/mol. The van der Waals surface area contributed by atoms with E-state index in [-0.39, 0.29) is 17.6 Å². The van der Waals surface area contributed by atoms with Crippen LogP contribution >= 0.6 is 0 Å². The topological polar surface area (TPSA) is 37.4 Å². The third-order valence-corrected chi connectivity index (χ3v) is 2.37. The summed E-state index contributed by atoms with van der Waals surface area (Å²) in [5, 5.41) is 0. The third kappa shape index (κ3) is 1.72. The Morgan fingerprint density at radius 3 is 2.75 bits per heavy atom. The Kier molecular flexibility index (Phi) is 2.98. The van der Waals surface area contributed by atoms with Crippen LogP contribution in [0, 0.1) is 0 Å². The molecule has 68 valence electrons. The smallest absolute Gasteiger partial charge is 0.150 e.